The van der Waals surface area contributed by atoms with Gasteiger partial charge in [0, 0.05) is 22.3 Å². The third-order valence-electron chi connectivity index (χ3n) is 4.72. The molecule has 172 valence electrons. The highest BCUT2D eigenvalue weighted by Crippen LogP contribution is 2.21. The van der Waals surface area contributed by atoms with Gasteiger partial charge in [-0.3, -0.25) is 14.9 Å². The molecule has 0 saturated heterocycles. The number of amides is 2. The molecule has 0 unspecified atom stereocenters. The SMILES string of the molecule is CC(C)Oc1cccc(C(=O)NC(=S)Nc2cccc(NC(=O)c3cc4ccccc4o3)c2)c1. The van der Waals surface area contributed by atoms with Crippen molar-refractivity contribution >= 4 is 51.5 Å². The van der Waals surface area contributed by atoms with Crippen molar-refractivity contribution in [3.63, 3.8) is 0 Å². The van der Waals surface area contributed by atoms with Crippen LogP contribution in [0.25, 0.3) is 11.0 Å². The minimum absolute atomic E-state index is 0.000615. The summed E-state index contributed by atoms with van der Waals surface area (Å²) in [6.07, 6.45) is 0.000615. The van der Waals surface area contributed by atoms with Gasteiger partial charge in [0.25, 0.3) is 11.8 Å². The average Bonchev–Trinajstić information content (AvgIpc) is 3.23. The maximum absolute atomic E-state index is 12.6. The van der Waals surface area contributed by atoms with Crippen LogP contribution in [0, 0.1) is 0 Å². The number of carbonyl (C=O) groups is 2. The highest BCUT2D eigenvalue weighted by atomic mass is 32.1. The minimum Gasteiger partial charge on any atom is -0.491 e. The van der Waals surface area contributed by atoms with Gasteiger partial charge in [0.2, 0.25) is 0 Å². The molecule has 0 spiro atoms. The van der Waals surface area contributed by atoms with Crippen LogP contribution in [0.4, 0.5) is 11.4 Å². The Bertz CT molecular complexity index is 1330. The van der Waals surface area contributed by atoms with Crippen LogP contribution in [-0.2, 0) is 0 Å². The number of nitrogens with one attached hydrogen (secondary N) is 3. The van der Waals surface area contributed by atoms with Crippen LogP contribution in [0.5, 0.6) is 5.75 Å². The number of furan rings is 1. The highest BCUT2D eigenvalue weighted by Gasteiger charge is 2.13. The van der Waals surface area contributed by atoms with Gasteiger partial charge < -0.3 is 19.8 Å². The lowest BCUT2D eigenvalue weighted by atomic mass is 10.2. The Morgan fingerprint density at radius 2 is 1.59 bits per heavy atom. The molecule has 4 rings (SSSR count). The normalized spacial score (nSPS) is 10.7. The summed E-state index contributed by atoms with van der Waals surface area (Å²) in [5.74, 6) is 0.0919. The van der Waals surface area contributed by atoms with Gasteiger partial charge in [0.1, 0.15) is 11.3 Å². The van der Waals surface area contributed by atoms with Gasteiger partial charge in [0.05, 0.1) is 6.10 Å². The second kappa shape index (κ2) is 10.2. The molecular weight excluding hydrogens is 450 g/mol. The Labute approximate surface area is 202 Å². The van der Waals surface area contributed by atoms with Crippen molar-refractivity contribution < 1.29 is 18.7 Å². The Hall–Kier alpha value is -4.17. The van der Waals surface area contributed by atoms with Gasteiger partial charge in [0.15, 0.2) is 10.9 Å². The van der Waals surface area contributed by atoms with Crippen molar-refractivity contribution in [3.05, 3.63) is 90.2 Å². The largest absolute Gasteiger partial charge is 0.491 e. The summed E-state index contributed by atoms with van der Waals surface area (Å²) in [7, 11) is 0. The fourth-order valence-electron chi connectivity index (χ4n) is 3.28. The molecule has 34 heavy (non-hydrogen) atoms. The molecule has 0 aliphatic heterocycles. The van der Waals surface area contributed by atoms with Gasteiger partial charge in [-0.25, -0.2) is 0 Å². The van der Waals surface area contributed by atoms with Crippen LogP contribution in [0.1, 0.15) is 34.8 Å². The summed E-state index contributed by atoms with van der Waals surface area (Å²) >= 11 is 5.28. The molecule has 0 aliphatic rings. The molecule has 0 bridgehead atoms. The number of ether oxygens (including phenoxy) is 1. The van der Waals surface area contributed by atoms with E-state index in [1.54, 1.807) is 60.7 Å². The molecule has 1 aromatic heterocycles. The summed E-state index contributed by atoms with van der Waals surface area (Å²) in [6, 6.07) is 23.0. The van der Waals surface area contributed by atoms with E-state index in [9.17, 15) is 9.59 Å². The Balaban J connectivity index is 1.37. The van der Waals surface area contributed by atoms with Crippen LogP contribution < -0.4 is 20.7 Å². The molecule has 0 atom stereocenters. The van der Waals surface area contributed by atoms with Gasteiger partial charge in [-0.1, -0.05) is 30.3 Å². The maximum Gasteiger partial charge on any atom is 0.291 e. The second-order valence-corrected chi connectivity index (χ2v) is 8.19. The topological polar surface area (TPSA) is 92.6 Å². The zero-order valence-electron chi connectivity index (χ0n) is 18.6. The van der Waals surface area contributed by atoms with E-state index in [1.807, 2.05) is 32.0 Å². The van der Waals surface area contributed by atoms with E-state index in [4.69, 9.17) is 21.4 Å². The second-order valence-electron chi connectivity index (χ2n) is 7.79. The summed E-state index contributed by atoms with van der Waals surface area (Å²) in [6.45, 7) is 3.83. The van der Waals surface area contributed by atoms with Gasteiger partial charge in [-0.05, 0) is 74.6 Å². The number of thiocarbonyl (C=S) groups is 1. The molecule has 3 N–H and O–H groups in total. The molecule has 2 amide bonds. The molecule has 3 aromatic carbocycles. The number of fused-ring (bicyclic) bond motifs is 1. The van der Waals surface area contributed by atoms with Crippen LogP contribution in [-0.4, -0.2) is 23.0 Å². The number of hydrogen-bond donors (Lipinski definition) is 3. The Morgan fingerprint density at radius 1 is 0.853 bits per heavy atom. The first kappa shape index (κ1) is 23.0. The van der Waals surface area contributed by atoms with Gasteiger partial charge in [-0.2, -0.15) is 0 Å². The van der Waals surface area contributed by atoms with E-state index in [-0.39, 0.29) is 28.8 Å². The first-order valence-corrected chi connectivity index (χ1v) is 11.1. The Morgan fingerprint density at radius 3 is 2.35 bits per heavy atom. The molecule has 7 nitrogen and oxygen atoms in total. The zero-order chi connectivity index (χ0) is 24.1. The number of carbonyl (C=O) groups excluding carboxylic acids is 2. The number of para-hydroxylation sites is 1. The quantitative estimate of drug-likeness (QED) is 0.316. The maximum atomic E-state index is 12.6. The lowest BCUT2D eigenvalue weighted by Gasteiger charge is -2.13. The van der Waals surface area contributed by atoms with Crippen LogP contribution >= 0.6 is 12.2 Å². The van der Waals surface area contributed by atoms with E-state index in [2.05, 4.69) is 16.0 Å². The number of benzene rings is 3. The van der Waals surface area contributed by atoms with E-state index in [1.165, 1.54) is 0 Å². The fourth-order valence-corrected chi connectivity index (χ4v) is 3.49. The number of rotatable bonds is 6. The molecule has 0 aliphatic carbocycles. The fraction of sp³-hybridized carbons (Fsp3) is 0.115. The summed E-state index contributed by atoms with van der Waals surface area (Å²) in [4.78, 5) is 25.2. The summed E-state index contributed by atoms with van der Waals surface area (Å²) < 4.78 is 11.2. The molecular formula is C26H23N3O4S. The van der Waals surface area contributed by atoms with Gasteiger partial charge in [-0.15, -0.1) is 0 Å². The monoisotopic (exact) mass is 473 g/mol. The lowest BCUT2D eigenvalue weighted by molar-refractivity contribution is 0.0974. The number of hydrogen-bond acceptors (Lipinski definition) is 5. The first-order valence-electron chi connectivity index (χ1n) is 10.7. The Kier molecular flexibility index (Phi) is 6.89. The molecule has 0 fully saturated rings. The average molecular weight is 474 g/mol. The molecule has 0 radical (unpaired) electrons. The first-order chi connectivity index (χ1) is 16.4. The van der Waals surface area contributed by atoms with Crippen LogP contribution in [0.15, 0.2) is 83.3 Å². The third kappa shape index (κ3) is 5.79. The predicted octanol–water partition coefficient (Wildman–Crippen LogP) is 5.60. The smallest absolute Gasteiger partial charge is 0.291 e. The van der Waals surface area contributed by atoms with E-state index in [0.29, 0.717) is 28.3 Å². The van der Waals surface area contributed by atoms with Crippen molar-refractivity contribution in [3.8, 4) is 5.75 Å². The zero-order valence-corrected chi connectivity index (χ0v) is 19.4. The molecule has 4 aromatic rings. The molecule has 1 heterocycles. The third-order valence-corrected chi connectivity index (χ3v) is 4.93. The van der Waals surface area contributed by atoms with Crippen molar-refractivity contribution in [2.24, 2.45) is 0 Å². The van der Waals surface area contributed by atoms with E-state index in [0.717, 1.165) is 5.39 Å². The van der Waals surface area contributed by atoms with Crippen molar-refractivity contribution in [1.82, 2.24) is 5.32 Å². The highest BCUT2D eigenvalue weighted by molar-refractivity contribution is 7.80. The van der Waals surface area contributed by atoms with Crippen molar-refractivity contribution in [1.29, 1.82) is 0 Å². The van der Waals surface area contributed by atoms with Crippen LogP contribution in [0.3, 0.4) is 0 Å². The number of anilines is 2. The lowest BCUT2D eigenvalue weighted by Crippen LogP contribution is -2.34. The molecule has 0 saturated carbocycles. The summed E-state index contributed by atoms with van der Waals surface area (Å²) in [5, 5.41) is 9.39. The summed E-state index contributed by atoms with van der Waals surface area (Å²) in [5.41, 5.74) is 2.22. The van der Waals surface area contributed by atoms with Crippen molar-refractivity contribution in [2.45, 2.75) is 20.0 Å². The minimum atomic E-state index is -0.368. The van der Waals surface area contributed by atoms with E-state index < -0.39 is 0 Å². The predicted molar refractivity (Wildman–Crippen MR) is 137 cm³/mol. The van der Waals surface area contributed by atoms with E-state index >= 15 is 0 Å². The van der Waals surface area contributed by atoms with Crippen molar-refractivity contribution in [2.75, 3.05) is 10.6 Å². The standard InChI is InChI=1S/C26H23N3O4S/c1-16(2)32-21-11-5-8-18(13-21)24(30)29-26(34)28-20-10-6-9-19(15-20)27-25(31)23-14-17-7-3-4-12-22(17)33-23/h3-16H,1-2H3,(H,27,31)(H2,28,29,30,34). The van der Waals surface area contributed by atoms with Gasteiger partial charge >= 0.3 is 0 Å². The van der Waals surface area contributed by atoms with Crippen LogP contribution in [0.2, 0.25) is 0 Å². The molecule has 8 heteroatoms.